The summed E-state index contributed by atoms with van der Waals surface area (Å²) in [5, 5.41) is 12.2. The molecule has 0 aliphatic rings. The maximum absolute atomic E-state index is 5.98. The number of nitrogens with zero attached hydrogens (tertiary/aromatic N) is 6. The van der Waals surface area contributed by atoms with Crippen LogP contribution in [0.5, 0.6) is 0 Å². The summed E-state index contributed by atoms with van der Waals surface area (Å²) in [7, 11) is 0. The lowest BCUT2D eigenvalue weighted by molar-refractivity contribution is 0.667. The molecule has 10 heterocycles. The molecule has 101 heavy (non-hydrogen) atoms. The molecule has 0 aliphatic carbocycles. The van der Waals surface area contributed by atoms with Crippen molar-refractivity contribution in [1.29, 1.82) is 0 Å². The van der Waals surface area contributed by atoms with Crippen molar-refractivity contribution < 1.29 is 8.83 Å². The molecule has 0 spiro atoms. The van der Waals surface area contributed by atoms with E-state index >= 15 is 0 Å². The first-order chi connectivity index (χ1) is 50.1. The van der Waals surface area contributed by atoms with Crippen molar-refractivity contribution in [3.05, 3.63) is 365 Å². The Balaban J connectivity index is 0.0000000946. The van der Waals surface area contributed by atoms with Gasteiger partial charge in [-0.3, -0.25) is 24.9 Å². The molecule has 478 valence electrons. The number of para-hydroxylation sites is 4. The van der Waals surface area contributed by atoms with Gasteiger partial charge in [-0.15, -0.1) is 22.7 Å². The molecule has 0 aliphatic heterocycles. The van der Waals surface area contributed by atoms with Gasteiger partial charge in [-0.25, -0.2) is 0 Å². The fourth-order valence-electron chi connectivity index (χ4n) is 13.2. The Morgan fingerprint density at radius 3 is 1.29 bits per heavy atom. The summed E-state index contributed by atoms with van der Waals surface area (Å²) in [5.41, 5.74) is 17.7. The van der Waals surface area contributed by atoms with Gasteiger partial charge < -0.3 is 13.4 Å². The Kier molecular flexibility index (Phi) is 17.0. The molecule has 0 amide bonds. The summed E-state index contributed by atoms with van der Waals surface area (Å²) >= 11 is 3.62. The molecule has 0 bridgehead atoms. The van der Waals surface area contributed by atoms with Crippen LogP contribution < -0.4 is 0 Å². The molecular weight excluding hydrogens is 1270 g/mol. The zero-order valence-corrected chi connectivity index (χ0v) is 56.1. The maximum Gasteiger partial charge on any atom is 0.161 e. The van der Waals surface area contributed by atoms with Crippen molar-refractivity contribution in [2.75, 3.05) is 0 Å². The standard InChI is InChI=1S/C23H16N2.2C17H11NO.2C17H11NS/c1-3-9-17(10-4-1)21-15-20-19-13-7-8-14-22(19)25(23(20)16-24-21)18-11-5-2-6-12-18;1-2-6-12(7-3-1)15-10-14-13-8-4-5-9-16(13)19-17(14)11-18-15;1-2-6-12(7-3-1)16-17-14(10-11-18-16)13-8-4-5-9-15(13)19-17;1-2-6-12(7-3-1)15-10-14-13-8-4-5-9-16(13)19-17(14)11-18-15;1-2-6-12(7-3-1)16-17-14(10-11-18-16)13-8-4-5-9-15(13)19-17/h1-16H;4*1-11H. The lowest BCUT2D eigenvalue weighted by Crippen LogP contribution is -1.93. The van der Waals surface area contributed by atoms with Gasteiger partial charge in [-0.05, 0) is 72.8 Å². The van der Waals surface area contributed by atoms with E-state index in [4.69, 9.17) is 13.8 Å². The van der Waals surface area contributed by atoms with Gasteiger partial charge in [0.05, 0.1) is 55.6 Å². The monoisotopic (exact) mass is 1330 g/mol. The fourth-order valence-corrected chi connectivity index (χ4v) is 15.5. The van der Waals surface area contributed by atoms with Gasteiger partial charge in [0.25, 0.3) is 0 Å². The number of hydrogen-bond acceptors (Lipinski definition) is 9. The van der Waals surface area contributed by atoms with E-state index in [1.807, 2.05) is 151 Å². The smallest absolute Gasteiger partial charge is 0.161 e. The molecule has 0 radical (unpaired) electrons. The van der Waals surface area contributed by atoms with Crippen molar-refractivity contribution in [2.24, 2.45) is 0 Å². The van der Waals surface area contributed by atoms with E-state index in [1.54, 1.807) is 17.5 Å². The topological polar surface area (TPSA) is 95.7 Å². The minimum atomic E-state index is 0.834. The molecule has 8 nitrogen and oxygen atoms in total. The highest BCUT2D eigenvalue weighted by atomic mass is 32.1. The minimum absolute atomic E-state index is 0.834. The van der Waals surface area contributed by atoms with Gasteiger partial charge in [0.1, 0.15) is 16.9 Å². The number of pyridine rings is 5. The molecule has 21 aromatic rings. The van der Waals surface area contributed by atoms with Gasteiger partial charge in [-0.2, -0.15) is 0 Å². The molecule has 0 N–H and O–H groups in total. The van der Waals surface area contributed by atoms with Crippen molar-refractivity contribution in [3.8, 4) is 62.0 Å². The average Bonchev–Trinajstić information content (AvgIpc) is 1.61. The van der Waals surface area contributed by atoms with E-state index in [9.17, 15) is 0 Å². The summed E-state index contributed by atoms with van der Waals surface area (Å²) in [6, 6.07) is 114. The number of fused-ring (bicyclic) bond motifs is 15. The number of thiophene rings is 2. The summed E-state index contributed by atoms with van der Waals surface area (Å²) in [5.74, 6) is 0. The third-order valence-electron chi connectivity index (χ3n) is 18.0. The summed E-state index contributed by atoms with van der Waals surface area (Å²) in [6.45, 7) is 0. The van der Waals surface area contributed by atoms with Crippen LogP contribution in [-0.4, -0.2) is 29.5 Å². The van der Waals surface area contributed by atoms with Crippen molar-refractivity contribution >= 4 is 129 Å². The first-order valence-corrected chi connectivity index (χ1v) is 35.0. The number of rotatable bonds is 6. The molecule has 21 rings (SSSR count). The van der Waals surface area contributed by atoms with Crippen LogP contribution in [0.2, 0.25) is 0 Å². The highest BCUT2D eigenvalue weighted by molar-refractivity contribution is 7.26. The molecule has 0 saturated carbocycles. The number of furan rings is 2. The molecule has 10 heteroatoms. The lowest BCUT2D eigenvalue weighted by atomic mass is 10.1. The Morgan fingerprint density at radius 2 is 0.673 bits per heavy atom. The van der Waals surface area contributed by atoms with Crippen molar-refractivity contribution in [2.45, 2.75) is 0 Å². The summed E-state index contributed by atoms with van der Waals surface area (Å²) in [4.78, 5) is 22.9. The number of hydrogen-bond donors (Lipinski definition) is 0. The van der Waals surface area contributed by atoms with Crippen LogP contribution in [0.4, 0.5) is 0 Å². The molecule has 0 atom stereocenters. The molecule has 0 unspecified atom stereocenters. The van der Waals surface area contributed by atoms with Gasteiger partial charge >= 0.3 is 0 Å². The zero-order chi connectivity index (χ0) is 67.3. The Bertz CT molecular complexity index is 6130. The van der Waals surface area contributed by atoms with Gasteiger partial charge in [0, 0.05) is 115 Å². The highest BCUT2D eigenvalue weighted by Crippen LogP contribution is 2.41. The van der Waals surface area contributed by atoms with Crippen LogP contribution in [0.3, 0.4) is 0 Å². The predicted octanol–water partition coefficient (Wildman–Crippen LogP) is 25.4. The van der Waals surface area contributed by atoms with Crippen molar-refractivity contribution in [3.63, 3.8) is 0 Å². The van der Waals surface area contributed by atoms with E-state index in [1.165, 1.54) is 67.8 Å². The fraction of sp³-hybridized carbons (Fsp3) is 0. The van der Waals surface area contributed by atoms with Crippen LogP contribution in [0.15, 0.2) is 373 Å². The van der Waals surface area contributed by atoms with Gasteiger partial charge in [-0.1, -0.05) is 261 Å². The third-order valence-corrected chi connectivity index (χ3v) is 20.3. The first kappa shape index (κ1) is 61.6. The largest absolute Gasteiger partial charge is 0.454 e. The number of aromatic nitrogens is 6. The van der Waals surface area contributed by atoms with Crippen LogP contribution in [0.1, 0.15) is 0 Å². The number of benzene rings is 11. The minimum Gasteiger partial charge on any atom is -0.454 e. The van der Waals surface area contributed by atoms with E-state index < -0.39 is 0 Å². The molecule has 0 saturated heterocycles. The first-order valence-electron chi connectivity index (χ1n) is 33.4. The van der Waals surface area contributed by atoms with Gasteiger partial charge in [0.15, 0.2) is 11.2 Å². The summed E-state index contributed by atoms with van der Waals surface area (Å²) < 4.78 is 19.2. The Labute approximate surface area is 589 Å². The Morgan fingerprint density at radius 1 is 0.248 bits per heavy atom. The van der Waals surface area contributed by atoms with E-state index in [0.717, 1.165) is 100 Å². The second-order valence-electron chi connectivity index (χ2n) is 24.2. The van der Waals surface area contributed by atoms with E-state index in [-0.39, 0.29) is 0 Å². The molecule has 11 aromatic carbocycles. The zero-order valence-electron chi connectivity index (χ0n) is 54.5. The van der Waals surface area contributed by atoms with Crippen LogP contribution >= 0.6 is 22.7 Å². The van der Waals surface area contributed by atoms with E-state index in [0.29, 0.717) is 0 Å². The SMILES string of the molecule is c1ccc(-c2cc3c(cn2)oc2ccccc23)cc1.c1ccc(-c2cc3c(cn2)sc2ccccc23)cc1.c1ccc(-c2cc3c4ccccc4n(-c4ccccc4)c3cn2)cc1.c1ccc(-c2nccc3c2oc2ccccc23)cc1.c1ccc(-c2nccc3c2sc2ccccc23)cc1. The van der Waals surface area contributed by atoms with Gasteiger partial charge in [0.2, 0.25) is 0 Å². The van der Waals surface area contributed by atoms with Crippen LogP contribution in [-0.2, 0) is 0 Å². The second kappa shape index (κ2) is 27.9. The third kappa shape index (κ3) is 12.4. The predicted molar refractivity (Wildman–Crippen MR) is 423 cm³/mol. The quantitative estimate of drug-likeness (QED) is 0.164. The van der Waals surface area contributed by atoms with Crippen molar-refractivity contribution in [1.82, 2.24) is 29.5 Å². The van der Waals surface area contributed by atoms with Crippen LogP contribution in [0.25, 0.3) is 168 Å². The van der Waals surface area contributed by atoms with Crippen LogP contribution in [0, 0.1) is 0 Å². The highest BCUT2D eigenvalue weighted by Gasteiger charge is 2.17. The molecule has 0 fully saturated rings. The lowest BCUT2D eigenvalue weighted by Gasteiger charge is -2.07. The molecular formula is C91H60N6O2S2. The summed E-state index contributed by atoms with van der Waals surface area (Å²) in [6.07, 6.45) is 9.53. The second-order valence-corrected chi connectivity index (χ2v) is 26.3. The molecule has 10 aromatic heterocycles. The van der Waals surface area contributed by atoms with E-state index in [2.05, 4.69) is 243 Å². The normalized spacial score (nSPS) is 11.2. The Hall–Kier alpha value is -13.0. The average molecular weight is 1330 g/mol. The maximum atomic E-state index is 5.98.